The molecular formula is C15H30N2O4. The van der Waals surface area contributed by atoms with Crippen molar-refractivity contribution in [2.75, 3.05) is 26.2 Å². The zero-order valence-electron chi connectivity index (χ0n) is 14.2. The minimum Gasteiger partial charge on any atom is -0.463 e. The first-order chi connectivity index (χ1) is 9.53. The van der Waals surface area contributed by atoms with Gasteiger partial charge in [-0.2, -0.15) is 0 Å². The molecule has 6 nitrogen and oxygen atoms in total. The molecule has 0 aliphatic heterocycles. The highest BCUT2D eigenvalue weighted by atomic mass is 16.6. The molecule has 0 radical (unpaired) electrons. The van der Waals surface area contributed by atoms with Gasteiger partial charge in [-0.1, -0.05) is 6.92 Å². The smallest absolute Gasteiger partial charge is 0.410 e. The van der Waals surface area contributed by atoms with Gasteiger partial charge in [-0.25, -0.2) is 4.79 Å². The lowest BCUT2D eigenvalue weighted by Gasteiger charge is -2.27. The number of carbonyl (C=O) groups excluding carboxylic acids is 2. The predicted octanol–water partition coefficient (Wildman–Crippen LogP) is 2.16. The van der Waals surface area contributed by atoms with Crippen molar-refractivity contribution in [3.63, 3.8) is 0 Å². The van der Waals surface area contributed by atoms with E-state index in [1.165, 1.54) is 4.90 Å². The van der Waals surface area contributed by atoms with E-state index >= 15 is 0 Å². The van der Waals surface area contributed by atoms with Gasteiger partial charge in [-0.3, -0.25) is 4.79 Å². The van der Waals surface area contributed by atoms with E-state index in [-0.39, 0.29) is 19.1 Å². The van der Waals surface area contributed by atoms with E-state index in [0.29, 0.717) is 19.5 Å². The van der Waals surface area contributed by atoms with Crippen LogP contribution in [-0.2, 0) is 14.3 Å². The van der Waals surface area contributed by atoms with Crippen LogP contribution in [0.15, 0.2) is 0 Å². The van der Waals surface area contributed by atoms with Gasteiger partial charge in [0.1, 0.15) is 12.2 Å². The predicted molar refractivity (Wildman–Crippen MR) is 81.9 cm³/mol. The zero-order chi connectivity index (χ0) is 16.7. The lowest BCUT2D eigenvalue weighted by Crippen LogP contribution is -2.42. The Morgan fingerprint density at radius 1 is 1.10 bits per heavy atom. The molecule has 0 atom stereocenters. The Kier molecular flexibility index (Phi) is 7.71. The first-order valence-corrected chi connectivity index (χ1v) is 7.38. The van der Waals surface area contributed by atoms with Gasteiger partial charge >= 0.3 is 12.1 Å². The summed E-state index contributed by atoms with van der Waals surface area (Å²) in [7, 11) is 0. The molecule has 0 rings (SSSR count). The van der Waals surface area contributed by atoms with Crippen LogP contribution in [0.25, 0.3) is 0 Å². The third-order valence-electron chi connectivity index (χ3n) is 3.08. The van der Waals surface area contributed by atoms with Crippen molar-refractivity contribution in [1.82, 2.24) is 4.90 Å². The van der Waals surface area contributed by atoms with Gasteiger partial charge in [-0.05, 0) is 41.0 Å². The van der Waals surface area contributed by atoms with Crippen molar-refractivity contribution in [3.8, 4) is 0 Å². The SMILES string of the molecule is CCC(C)(C)C(=O)OCCN(CCN)C(=O)OC(C)(C)C. The second kappa shape index (κ2) is 8.22. The van der Waals surface area contributed by atoms with Crippen LogP contribution < -0.4 is 5.73 Å². The number of hydrogen-bond acceptors (Lipinski definition) is 5. The molecule has 0 aliphatic carbocycles. The van der Waals surface area contributed by atoms with E-state index in [2.05, 4.69) is 0 Å². The number of carbonyl (C=O) groups is 2. The van der Waals surface area contributed by atoms with Crippen molar-refractivity contribution >= 4 is 12.1 Å². The summed E-state index contributed by atoms with van der Waals surface area (Å²) in [5, 5.41) is 0. The summed E-state index contributed by atoms with van der Waals surface area (Å²) >= 11 is 0. The van der Waals surface area contributed by atoms with E-state index in [1.807, 2.05) is 20.8 Å². The lowest BCUT2D eigenvalue weighted by atomic mass is 9.91. The van der Waals surface area contributed by atoms with Crippen molar-refractivity contribution in [3.05, 3.63) is 0 Å². The molecule has 0 saturated heterocycles. The van der Waals surface area contributed by atoms with Crippen molar-refractivity contribution < 1.29 is 19.1 Å². The summed E-state index contributed by atoms with van der Waals surface area (Å²) in [5.41, 5.74) is 4.42. The van der Waals surface area contributed by atoms with Gasteiger partial charge in [0, 0.05) is 13.1 Å². The zero-order valence-corrected chi connectivity index (χ0v) is 14.2. The topological polar surface area (TPSA) is 81.9 Å². The van der Waals surface area contributed by atoms with Gasteiger partial charge in [0.15, 0.2) is 0 Å². The maximum atomic E-state index is 12.0. The molecule has 0 aromatic heterocycles. The van der Waals surface area contributed by atoms with Crippen LogP contribution in [0.2, 0.25) is 0 Å². The molecule has 2 N–H and O–H groups in total. The number of rotatable bonds is 7. The number of nitrogens with zero attached hydrogens (tertiary/aromatic N) is 1. The average molecular weight is 302 g/mol. The quantitative estimate of drug-likeness (QED) is 0.729. The summed E-state index contributed by atoms with van der Waals surface area (Å²) in [6.45, 7) is 12.1. The highest BCUT2D eigenvalue weighted by Gasteiger charge is 2.27. The summed E-state index contributed by atoms with van der Waals surface area (Å²) in [6.07, 6.45) is 0.253. The molecule has 124 valence electrons. The van der Waals surface area contributed by atoms with E-state index in [4.69, 9.17) is 15.2 Å². The molecule has 21 heavy (non-hydrogen) atoms. The van der Waals surface area contributed by atoms with Gasteiger partial charge in [0.2, 0.25) is 0 Å². The third-order valence-corrected chi connectivity index (χ3v) is 3.08. The van der Waals surface area contributed by atoms with Crippen LogP contribution in [0.4, 0.5) is 4.79 Å². The van der Waals surface area contributed by atoms with E-state index in [0.717, 1.165) is 0 Å². The van der Waals surface area contributed by atoms with Crippen LogP contribution >= 0.6 is 0 Å². The van der Waals surface area contributed by atoms with E-state index < -0.39 is 17.1 Å². The normalized spacial score (nSPS) is 12.0. The first-order valence-electron chi connectivity index (χ1n) is 7.38. The number of amides is 1. The Balaban J connectivity index is 4.40. The molecule has 0 aromatic carbocycles. The number of hydrogen-bond donors (Lipinski definition) is 1. The maximum absolute atomic E-state index is 12.0. The summed E-state index contributed by atoms with van der Waals surface area (Å²) in [4.78, 5) is 25.3. The Morgan fingerprint density at radius 2 is 1.67 bits per heavy atom. The van der Waals surface area contributed by atoms with Crippen LogP contribution in [0.1, 0.15) is 48.0 Å². The highest BCUT2D eigenvalue weighted by Crippen LogP contribution is 2.21. The fraction of sp³-hybridized carbons (Fsp3) is 0.867. The van der Waals surface area contributed by atoms with Crippen molar-refractivity contribution in [2.24, 2.45) is 11.1 Å². The minimum atomic E-state index is -0.565. The second-order valence-corrected chi connectivity index (χ2v) is 6.63. The standard InChI is InChI=1S/C15H30N2O4/c1-7-15(5,6)12(18)20-11-10-17(9-8-16)13(19)21-14(2,3)4/h7-11,16H2,1-6H3. The number of nitrogens with two attached hydrogens (primary N) is 1. The molecule has 0 aliphatic rings. The number of ether oxygens (including phenoxy) is 2. The summed E-state index contributed by atoms with van der Waals surface area (Å²) < 4.78 is 10.5. The molecule has 1 amide bonds. The van der Waals surface area contributed by atoms with Gasteiger partial charge < -0.3 is 20.1 Å². The Hall–Kier alpha value is -1.30. The highest BCUT2D eigenvalue weighted by molar-refractivity contribution is 5.75. The van der Waals surface area contributed by atoms with Gasteiger partial charge in [-0.15, -0.1) is 0 Å². The van der Waals surface area contributed by atoms with E-state index in [1.54, 1.807) is 20.8 Å². The minimum absolute atomic E-state index is 0.140. The van der Waals surface area contributed by atoms with Crippen LogP contribution in [-0.4, -0.2) is 48.8 Å². The molecule has 0 heterocycles. The molecule has 0 saturated carbocycles. The molecule has 0 fully saturated rings. The largest absolute Gasteiger partial charge is 0.463 e. The van der Waals surface area contributed by atoms with Gasteiger partial charge in [0.05, 0.1) is 12.0 Å². The monoisotopic (exact) mass is 302 g/mol. The third kappa shape index (κ3) is 7.90. The maximum Gasteiger partial charge on any atom is 0.410 e. The fourth-order valence-electron chi connectivity index (χ4n) is 1.36. The molecule has 0 unspecified atom stereocenters. The Bertz CT molecular complexity index is 348. The summed E-state index contributed by atoms with van der Waals surface area (Å²) in [5.74, 6) is -0.262. The first kappa shape index (κ1) is 19.7. The molecule has 0 aromatic rings. The molecular weight excluding hydrogens is 272 g/mol. The Labute approximate surface area is 127 Å². The van der Waals surface area contributed by atoms with Crippen LogP contribution in [0, 0.1) is 5.41 Å². The Morgan fingerprint density at radius 3 is 2.10 bits per heavy atom. The van der Waals surface area contributed by atoms with Crippen molar-refractivity contribution in [1.29, 1.82) is 0 Å². The van der Waals surface area contributed by atoms with Gasteiger partial charge in [0.25, 0.3) is 0 Å². The van der Waals surface area contributed by atoms with Crippen LogP contribution in [0.3, 0.4) is 0 Å². The lowest BCUT2D eigenvalue weighted by molar-refractivity contribution is -0.154. The molecule has 0 bridgehead atoms. The summed E-state index contributed by atoms with van der Waals surface area (Å²) in [6, 6.07) is 0. The van der Waals surface area contributed by atoms with Crippen LogP contribution in [0.5, 0.6) is 0 Å². The average Bonchev–Trinajstić information content (AvgIpc) is 2.35. The van der Waals surface area contributed by atoms with E-state index in [9.17, 15) is 9.59 Å². The number of esters is 1. The molecule has 0 spiro atoms. The molecule has 6 heteroatoms. The van der Waals surface area contributed by atoms with Crippen molar-refractivity contribution in [2.45, 2.75) is 53.6 Å². The second-order valence-electron chi connectivity index (χ2n) is 6.63. The fourth-order valence-corrected chi connectivity index (χ4v) is 1.36.